The number of nitrogen functional groups attached to an aromatic ring is 1. The number of hydrogen-bond acceptors (Lipinski definition) is 7. The summed E-state index contributed by atoms with van der Waals surface area (Å²) in [7, 11) is 0. The summed E-state index contributed by atoms with van der Waals surface area (Å²) in [4.78, 5) is 13.0. The number of nitrogens with two attached hydrogens (primary N) is 1. The van der Waals surface area contributed by atoms with Crippen molar-refractivity contribution in [3.05, 3.63) is 84.6 Å². The Morgan fingerprint density at radius 1 is 0.938 bits per heavy atom. The van der Waals surface area contributed by atoms with E-state index < -0.39 is 0 Å². The Morgan fingerprint density at radius 3 is 2.53 bits per heavy atom. The maximum Gasteiger partial charge on any atom is 0.162 e. The standard InChI is InChI=1S/C24H21N7O/c1-15-11-18(6-10-22(15)32-20-9-3-16(2)26-12-20)29-24-23-21(27-14-28-24)13-31(30-23)19-7-4-17(25)5-8-19/h3-14H,25H2,1-2H3,(H,27,28,29). The van der Waals surface area contributed by atoms with E-state index in [0.717, 1.165) is 33.9 Å². The number of nitrogens with one attached hydrogen (secondary N) is 1. The Morgan fingerprint density at radius 2 is 1.78 bits per heavy atom. The molecule has 0 aliphatic heterocycles. The minimum atomic E-state index is 0.625. The van der Waals surface area contributed by atoms with E-state index in [4.69, 9.17) is 10.5 Å². The number of anilines is 3. The van der Waals surface area contributed by atoms with Crippen molar-refractivity contribution in [2.75, 3.05) is 11.1 Å². The molecule has 0 aliphatic carbocycles. The van der Waals surface area contributed by atoms with Crippen molar-refractivity contribution in [2.24, 2.45) is 0 Å². The van der Waals surface area contributed by atoms with Gasteiger partial charge in [-0.05, 0) is 74.0 Å². The van der Waals surface area contributed by atoms with Crippen LogP contribution in [-0.2, 0) is 0 Å². The second-order valence-electron chi connectivity index (χ2n) is 7.46. The van der Waals surface area contributed by atoms with Gasteiger partial charge in [0.25, 0.3) is 0 Å². The zero-order chi connectivity index (χ0) is 22.1. The van der Waals surface area contributed by atoms with Gasteiger partial charge in [-0.25, -0.2) is 14.6 Å². The largest absolute Gasteiger partial charge is 0.455 e. The highest BCUT2D eigenvalue weighted by Crippen LogP contribution is 2.29. The van der Waals surface area contributed by atoms with E-state index in [0.29, 0.717) is 22.8 Å². The zero-order valence-corrected chi connectivity index (χ0v) is 17.6. The first kappa shape index (κ1) is 19.5. The van der Waals surface area contributed by atoms with Gasteiger partial charge in [-0.15, -0.1) is 0 Å². The molecule has 0 radical (unpaired) electrons. The fraction of sp³-hybridized carbons (Fsp3) is 0.0833. The van der Waals surface area contributed by atoms with Crippen LogP contribution in [0.2, 0.25) is 0 Å². The number of fused-ring (bicyclic) bond motifs is 1. The number of ether oxygens (including phenoxy) is 1. The van der Waals surface area contributed by atoms with Crippen LogP contribution in [0.3, 0.4) is 0 Å². The monoisotopic (exact) mass is 423 g/mol. The topological polar surface area (TPSA) is 104 Å². The molecule has 3 N–H and O–H groups in total. The number of pyridine rings is 1. The van der Waals surface area contributed by atoms with Crippen LogP contribution in [0.15, 0.2) is 73.3 Å². The number of hydrogen-bond donors (Lipinski definition) is 2. The molecule has 0 saturated heterocycles. The highest BCUT2D eigenvalue weighted by molar-refractivity contribution is 5.87. The third kappa shape index (κ3) is 3.93. The summed E-state index contributed by atoms with van der Waals surface area (Å²) in [5.74, 6) is 2.09. The van der Waals surface area contributed by atoms with Gasteiger partial charge < -0.3 is 15.8 Å². The van der Waals surface area contributed by atoms with Crippen molar-refractivity contribution in [3.8, 4) is 17.2 Å². The van der Waals surface area contributed by atoms with Gasteiger partial charge in [0.15, 0.2) is 11.3 Å². The highest BCUT2D eigenvalue weighted by atomic mass is 16.5. The minimum absolute atomic E-state index is 0.625. The Kier molecular flexibility index (Phi) is 4.87. The van der Waals surface area contributed by atoms with Gasteiger partial charge in [0.05, 0.1) is 18.1 Å². The Bertz CT molecular complexity index is 1390. The second kappa shape index (κ2) is 7.99. The zero-order valence-electron chi connectivity index (χ0n) is 17.6. The molecule has 5 aromatic rings. The van der Waals surface area contributed by atoms with Crippen LogP contribution in [0.25, 0.3) is 16.7 Å². The summed E-state index contributed by atoms with van der Waals surface area (Å²) >= 11 is 0. The number of aromatic nitrogens is 5. The van der Waals surface area contributed by atoms with Crippen molar-refractivity contribution in [2.45, 2.75) is 13.8 Å². The van der Waals surface area contributed by atoms with E-state index in [2.05, 4.69) is 25.4 Å². The van der Waals surface area contributed by atoms with Crippen LogP contribution in [0.5, 0.6) is 11.5 Å². The average Bonchev–Trinajstić information content (AvgIpc) is 3.23. The molecule has 0 atom stereocenters. The minimum Gasteiger partial charge on any atom is -0.455 e. The molecule has 5 rings (SSSR count). The quantitative estimate of drug-likeness (QED) is 0.386. The van der Waals surface area contributed by atoms with Crippen LogP contribution in [0.1, 0.15) is 11.3 Å². The molecular weight excluding hydrogens is 402 g/mol. The average molecular weight is 423 g/mol. The smallest absolute Gasteiger partial charge is 0.162 e. The van der Waals surface area contributed by atoms with Gasteiger partial charge >= 0.3 is 0 Å². The van der Waals surface area contributed by atoms with Gasteiger partial charge in [0.2, 0.25) is 0 Å². The predicted molar refractivity (Wildman–Crippen MR) is 125 cm³/mol. The van der Waals surface area contributed by atoms with Gasteiger partial charge in [0.1, 0.15) is 23.3 Å². The van der Waals surface area contributed by atoms with Crippen LogP contribution in [-0.4, -0.2) is 24.7 Å². The first-order chi connectivity index (χ1) is 15.5. The van der Waals surface area contributed by atoms with Crippen LogP contribution in [0.4, 0.5) is 17.2 Å². The molecule has 3 heterocycles. The maximum absolute atomic E-state index is 5.96. The molecule has 0 bridgehead atoms. The SMILES string of the molecule is Cc1ccc(Oc2ccc(Nc3ncnc4cn(-c5ccc(N)cc5)nc34)cc2C)cn1. The van der Waals surface area contributed by atoms with E-state index in [9.17, 15) is 0 Å². The number of rotatable bonds is 5. The summed E-state index contributed by atoms with van der Waals surface area (Å²) in [5, 5.41) is 8.01. The van der Waals surface area contributed by atoms with Gasteiger partial charge in [0, 0.05) is 17.1 Å². The maximum atomic E-state index is 5.96. The van der Waals surface area contributed by atoms with E-state index in [-0.39, 0.29) is 0 Å². The normalized spacial score (nSPS) is 10.9. The molecule has 3 aromatic heterocycles. The molecule has 8 nitrogen and oxygen atoms in total. The molecule has 8 heteroatoms. The first-order valence-corrected chi connectivity index (χ1v) is 10.1. The molecule has 2 aromatic carbocycles. The van der Waals surface area contributed by atoms with Gasteiger partial charge in [-0.1, -0.05) is 0 Å². The summed E-state index contributed by atoms with van der Waals surface area (Å²) in [6, 6.07) is 17.2. The first-order valence-electron chi connectivity index (χ1n) is 10.1. The fourth-order valence-corrected chi connectivity index (χ4v) is 3.31. The predicted octanol–water partition coefficient (Wildman–Crippen LogP) is 4.95. The highest BCUT2D eigenvalue weighted by Gasteiger charge is 2.11. The third-order valence-electron chi connectivity index (χ3n) is 5.01. The molecule has 0 aliphatic rings. The van der Waals surface area contributed by atoms with E-state index in [1.54, 1.807) is 10.9 Å². The third-order valence-corrected chi connectivity index (χ3v) is 5.01. The van der Waals surface area contributed by atoms with Crippen molar-refractivity contribution in [3.63, 3.8) is 0 Å². The molecular formula is C24H21N7O. The second-order valence-corrected chi connectivity index (χ2v) is 7.46. The lowest BCUT2D eigenvalue weighted by atomic mass is 10.2. The van der Waals surface area contributed by atoms with E-state index in [1.807, 2.05) is 74.6 Å². The van der Waals surface area contributed by atoms with Crippen LogP contribution >= 0.6 is 0 Å². The van der Waals surface area contributed by atoms with Gasteiger partial charge in [-0.3, -0.25) is 4.98 Å². The Balaban J connectivity index is 1.41. The summed E-state index contributed by atoms with van der Waals surface area (Å²) < 4.78 is 7.73. The summed E-state index contributed by atoms with van der Waals surface area (Å²) in [6.07, 6.45) is 5.11. The van der Waals surface area contributed by atoms with Crippen molar-refractivity contribution in [1.82, 2.24) is 24.7 Å². The lowest BCUT2D eigenvalue weighted by Crippen LogP contribution is -1.98. The Labute approximate surface area is 184 Å². The van der Waals surface area contributed by atoms with Crippen molar-refractivity contribution < 1.29 is 4.74 Å². The molecule has 0 saturated carbocycles. The number of nitrogens with zero attached hydrogens (tertiary/aromatic N) is 5. The van der Waals surface area contributed by atoms with Crippen LogP contribution in [0, 0.1) is 13.8 Å². The van der Waals surface area contributed by atoms with Crippen LogP contribution < -0.4 is 15.8 Å². The summed E-state index contributed by atoms with van der Waals surface area (Å²) in [5.41, 5.74) is 11.6. The lowest BCUT2D eigenvalue weighted by molar-refractivity contribution is 0.476. The molecule has 158 valence electrons. The van der Waals surface area contributed by atoms with Gasteiger partial charge in [-0.2, -0.15) is 5.10 Å². The summed E-state index contributed by atoms with van der Waals surface area (Å²) in [6.45, 7) is 3.94. The van der Waals surface area contributed by atoms with Crippen molar-refractivity contribution >= 4 is 28.2 Å². The lowest BCUT2D eigenvalue weighted by Gasteiger charge is -2.11. The molecule has 0 amide bonds. The van der Waals surface area contributed by atoms with E-state index >= 15 is 0 Å². The number of aryl methyl sites for hydroxylation is 2. The van der Waals surface area contributed by atoms with Crippen molar-refractivity contribution in [1.29, 1.82) is 0 Å². The molecule has 32 heavy (non-hydrogen) atoms. The molecule has 0 fully saturated rings. The number of benzene rings is 2. The van der Waals surface area contributed by atoms with E-state index in [1.165, 1.54) is 6.33 Å². The molecule has 0 unspecified atom stereocenters. The Hall–Kier alpha value is -4.46. The molecule has 0 spiro atoms. The fourth-order valence-electron chi connectivity index (χ4n) is 3.31.